The van der Waals surface area contributed by atoms with Crippen molar-refractivity contribution in [3.63, 3.8) is 0 Å². The van der Waals surface area contributed by atoms with Gasteiger partial charge in [0.05, 0.1) is 4.88 Å². The van der Waals surface area contributed by atoms with E-state index in [1.165, 1.54) is 23.5 Å². The fourth-order valence-corrected chi connectivity index (χ4v) is 2.30. The summed E-state index contributed by atoms with van der Waals surface area (Å²) < 4.78 is 18.6. The van der Waals surface area contributed by atoms with E-state index in [9.17, 15) is 14.0 Å². The van der Waals surface area contributed by atoms with Gasteiger partial charge in [0.25, 0.3) is 0 Å². The molecule has 0 radical (unpaired) electrons. The highest BCUT2D eigenvalue weighted by Gasteiger charge is 2.11. The molecule has 0 fully saturated rings. The van der Waals surface area contributed by atoms with Crippen LogP contribution >= 0.6 is 11.3 Å². The first-order valence-electron chi connectivity index (χ1n) is 5.57. The number of hydrogen-bond donors (Lipinski definition) is 0. The van der Waals surface area contributed by atoms with Gasteiger partial charge in [0.2, 0.25) is 5.78 Å². The predicted molar refractivity (Wildman–Crippen MR) is 70.7 cm³/mol. The molecule has 0 amide bonds. The summed E-state index contributed by atoms with van der Waals surface area (Å²) in [6.07, 6.45) is 0.548. The Balaban J connectivity index is 2.02. The summed E-state index contributed by atoms with van der Waals surface area (Å²) >= 11 is 1.37. The van der Waals surface area contributed by atoms with Gasteiger partial charge in [-0.25, -0.2) is 4.39 Å². The van der Waals surface area contributed by atoms with E-state index in [2.05, 4.69) is 0 Å². The molecule has 1 aromatic carbocycles. The standard InChI is InChI=1S/C14H11FO3S/c1-9-2-5-14(19-9)12(17)8-18-13-4-3-10(7-16)6-11(13)15/h2-7H,8H2,1H3. The van der Waals surface area contributed by atoms with E-state index in [-0.39, 0.29) is 23.7 Å². The third-order valence-corrected chi connectivity index (χ3v) is 3.51. The zero-order valence-electron chi connectivity index (χ0n) is 10.2. The van der Waals surface area contributed by atoms with Crippen molar-refractivity contribution in [3.05, 3.63) is 51.5 Å². The Morgan fingerprint density at radius 3 is 2.74 bits per heavy atom. The molecule has 2 aromatic rings. The number of Topliss-reactive ketones (excluding diaryl/α,β-unsaturated/α-hetero) is 1. The Morgan fingerprint density at radius 2 is 2.16 bits per heavy atom. The predicted octanol–water partition coefficient (Wildman–Crippen LogP) is 3.27. The molecule has 19 heavy (non-hydrogen) atoms. The number of carbonyl (C=O) groups is 2. The highest BCUT2D eigenvalue weighted by molar-refractivity contribution is 7.14. The van der Waals surface area contributed by atoms with Gasteiger partial charge >= 0.3 is 0 Å². The molecule has 2 rings (SSSR count). The molecule has 0 atom stereocenters. The van der Waals surface area contributed by atoms with Crippen LogP contribution in [0.25, 0.3) is 0 Å². The summed E-state index contributed by atoms with van der Waals surface area (Å²) in [5.41, 5.74) is 0.227. The minimum atomic E-state index is -0.653. The summed E-state index contributed by atoms with van der Waals surface area (Å²) in [6, 6.07) is 7.41. The Bertz CT molecular complexity index is 619. The molecule has 1 aromatic heterocycles. The maximum Gasteiger partial charge on any atom is 0.210 e. The molecule has 5 heteroatoms. The van der Waals surface area contributed by atoms with Gasteiger partial charge in [0, 0.05) is 10.4 Å². The van der Waals surface area contributed by atoms with E-state index >= 15 is 0 Å². The van der Waals surface area contributed by atoms with E-state index < -0.39 is 5.82 Å². The van der Waals surface area contributed by atoms with Gasteiger partial charge in [0.1, 0.15) is 6.29 Å². The largest absolute Gasteiger partial charge is 0.482 e. The lowest BCUT2D eigenvalue weighted by atomic mass is 10.2. The molecule has 1 heterocycles. The average molecular weight is 278 g/mol. The van der Waals surface area contributed by atoms with Crippen molar-refractivity contribution in [3.8, 4) is 5.75 Å². The van der Waals surface area contributed by atoms with Crippen molar-refractivity contribution in [1.29, 1.82) is 0 Å². The summed E-state index contributed by atoms with van der Waals surface area (Å²) in [7, 11) is 0. The van der Waals surface area contributed by atoms with E-state index in [0.29, 0.717) is 11.2 Å². The maximum absolute atomic E-state index is 13.5. The first-order valence-corrected chi connectivity index (χ1v) is 6.39. The van der Waals surface area contributed by atoms with Crippen LogP contribution in [0.15, 0.2) is 30.3 Å². The first-order chi connectivity index (χ1) is 9.10. The molecular weight excluding hydrogens is 267 g/mol. The Kier molecular flexibility index (Phi) is 4.06. The lowest BCUT2D eigenvalue weighted by molar-refractivity contribution is 0.0922. The highest BCUT2D eigenvalue weighted by atomic mass is 32.1. The lowest BCUT2D eigenvalue weighted by Gasteiger charge is -2.06. The summed E-state index contributed by atoms with van der Waals surface area (Å²) in [5, 5.41) is 0. The van der Waals surface area contributed by atoms with Crippen molar-refractivity contribution in [2.24, 2.45) is 0 Å². The second-order valence-corrected chi connectivity index (χ2v) is 5.22. The number of ether oxygens (including phenoxy) is 1. The molecule has 0 saturated heterocycles. The number of thiophene rings is 1. The number of rotatable bonds is 5. The van der Waals surface area contributed by atoms with E-state index in [1.54, 1.807) is 6.07 Å². The number of carbonyl (C=O) groups excluding carboxylic acids is 2. The summed E-state index contributed by atoms with van der Waals surface area (Å²) in [6.45, 7) is 1.68. The molecule has 0 N–H and O–H groups in total. The highest BCUT2D eigenvalue weighted by Crippen LogP contribution is 2.19. The molecule has 0 saturated carbocycles. The van der Waals surface area contributed by atoms with Crippen LogP contribution in [0.2, 0.25) is 0 Å². The second kappa shape index (κ2) is 5.75. The minimum absolute atomic E-state index is 0.0350. The summed E-state index contributed by atoms with van der Waals surface area (Å²) in [5.74, 6) is -0.885. The number of benzene rings is 1. The van der Waals surface area contributed by atoms with Crippen LogP contribution in [0.1, 0.15) is 24.9 Å². The molecule has 0 aliphatic carbocycles. The third-order valence-electron chi connectivity index (χ3n) is 2.47. The molecular formula is C14H11FO3S. The molecule has 0 bridgehead atoms. The monoisotopic (exact) mass is 278 g/mol. The van der Waals surface area contributed by atoms with Gasteiger partial charge in [-0.1, -0.05) is 0 Å². The number of ketones is 1. The zero-order chi connectivity index (χ0) is 13.8. The minimum Gasteiger partial charge on any atom is -0.482 e. The number of halogens is 1. The van der Waals surface area contributed by atoms with Gasteiger partial charge in [-0.3, -0.25) is 9.59 Å². The average Bonchev–Trinajstić information content (AvgIpc) is 2.83. The van der Waals surface area contributed by atoms with Gasteiger partial charge in [-0.2, -0.15) is 0 Å². The fraction of sp³-hybridized carbons (Fsp3) is 0.143. The van der Waals surface area contributed by atoms with Crippen molar-refractivity contribution in [2.45, 2.75) is 6.92 Å². The maximum atomic E-state index is 13.5. The zero-order valence-corrected chi connectivity index (χ0v) is 11.0. The topological polar surface area (TPSA) is 43.4 Å². The molecule has 98 valence electrons. The van der Waals surface area contributed by atoms with Gasteiger partial charge in [-0.15, -0.1) is 11.3 Å². The first kappa shape index (κ1) is 13.4. The van der Waals surface area contributed by atoms with Gasteiger partial charge in [0.15, 0.2) is 18.2 Å². The molecule has 3 nitrogen and oxygen atoms in total. The van der Waals surface area contributed by atoms with Gasteiger partial charge in [-0.05, 0) is 37.3 Å². The summed E-state index contributed by atoms with van der Waals surface area (Å²) in [4.78, 5) is 23.9. The normalized spacial score (nSPS) is 10.2. The SMILES string of the molecule is Cc1ccc(C(=O)COc2ccc(C=O)cc2F)s1. The van der Waals surface area contributed by atoms with E-state index in [1.807, 2.05) is 13.0 Å². The van der Waals surface area contributed by atoms with Crippen LogP contribution in [-0.4, -0.2) is 18.7 Å². The smallest absolute Gasteiger partial charge is 0.210 e. The molecule has 0 unspecified atom stereocenters. The van der Waals surface area contributed by atoms with Crippen molar-refractivity contribution in [2.75, 3.05) is 6.61 Å². The molecule has 0 spiro atoms. The quantitative estimate of drug-likeness (QED) is 0.622. The fourth-order valence-electron chi connectivity index (χ4n) is 1.51. The number of aldehydes is 1. The van der Waals surface area contributed by atoms with Crippen LogP contribution in [0, 0.1) is 12.7 Å². The van der Waals surface area contributed by atoms with Crippen molar-refractivity contribution >= 4 is 23.4 Å². The Morgan fingerprint density at radius 1 is 1.37 bits per heavy atom. The Hall–Kier alpha value is -2.01. The number of aryl methyl sites for hydroxylation is 1. The number of hydrogen-bond acceptors (Lipinski definition) is 4. The van der Waals surface area contributed by atoms with Gasteiger partial charge < -0.3 is 4.74 Å². The van der Waals surface area contributed by atoms with Crippen molar-refractivity contribution in [1.82, 2.24) is 0 Å². The second-order valence-electron chi connectivity index (χ2n) is 3.93. The lowest BCUT2D eigenvalue weighted by Crippen LogP contribution is -2.10. The third kappa shape index (κ3) is 3.26. The Labute approximate surface area is 113 Å². The van der Waals surface area contributed by atoms with Crippen LogP contribution in [0.3, 0.4) is 0 Å². The molecule has 0 aliphatic heterocycles. The van der Waals surface area contributed by atoms with Crippen LogP contribution < -0.4 is 4.74 Å². The van der Waals surface area contributed by atoms with E-state index in [4.69, 9.17) is 4.74 Å². The van der Waals surface area contributed by atoms with Crippen LogP contribution in [-0.2, 0) is 0 Å². The van der Waals surface area contributed by atoms with Crippen LogP contribution in [0.4, 0.5) is 4.39 Å². The molecule has 0 aliphatic rings. The van der Waals surface area contributed by atoms with Crippen molar-refractivity contribution < 1.29 is 18.7 Å². The van der Waals surface area contributed by atoms with E-state index in [0.717, 1.165) is 10.9 Å². The van der Waals surface area contributed by atoms with Crippen LogP contribution in [0.5, 0.6) is 5.75 Å².